The van der Waals surface area contributed by atoms with E-state index in [9.17, 15) is 0 Å². The monoisotopic (exact) mass is 225 g/mol. The van der Waals surface area contributed by atoms with E-state index in [1.54, 1.807) is 0 Å². The van der Waals surface area contributed by atoms with E-state index < -0.39 is 0 Å². The summed E-state index contributed by atoms with van der Waals surface area (Å²) in [6.07, 6.45) is 1.83. The second kappa shape index (κ2) is 8.31. The van der Waals surface area contributed by atoms with Crippen molar-refractivity contribution in [3.63, 3.8) is 0 Å². The van der Waals surface area contributed by atoms with E-state index in [0.717, 1.165) is 6.54 Å². The minimum Gasteiger partial charge on any atom is -0.316 e. The van der Waals surface area contributed by atoms with Crippen LogP contribution in [0.25, 0.3) is 6.08 Å². The molecule has 2 aromatic carbocycles. The third-order valence-electron chi connectivity index (χ3n) is 2.26. The summed E-state index contributed by atoms with van der Waals surface area (Å²) in [5, 5.41) is 3.08. The van der Waals surface area contributed by atoms with Crippen molar-refractivity contribution in [3.05, 3.63) is 78.4 Å². The van der Waals surface area contributed by atoms with Crippen LogP contribution >= 0.6 is 0 Å². The number of hydrogen-bond acceptors (Lipinski definition) is 1. The number of benzene rings is 2. The Morgan fingerprint density at radius 1 is 0.941 bits per heavy atom. The maximum Gasteiger partial charge on any atom is 0.0202 e. The fraction of sp³-hybridized carbons (Fsp3) is 0.125. The maximum atomic E-state index is 3.63. The van der Waals surface area contributed by atoms with Crippen LogP contribution in [0.1, 0.15) is 11.1 Å². The zero-order valence-electron chi connectivity index (χ0n) is 10.3. The smallest absolute Gasteiger partial charge is 0.0202 e. The number of nitrogens with one attached hydrogen (secondary N) is 1. The molecule has 2 aromatic rings. The van der Waals surface area contributed by atoms with Crippen LogP contribution in [-0.2, 0) is 6.54 Å². The van der Waals surface area contributed by atoms with Crippen molar-refractivity contribution in [1.82, 2.24) is 5.32 Å². The first-order valence-corrected chi connectivity index (χ1v) is 5.73. The van der Waals surface area contributed by atoms with Crippen molar-refractivity contribution < 1.29 is 0 Å². The van der Waals surface area contributed by atoms with E-state index in [-0.39, 0.29) is 0 Å². The Morgan fingerprint density at radius 3 is 1.88 bits per heavy atom. The summed E-state index contributed by atoms with van der Waals surface area (Å²) in [5.74, 6) is 0. The Bertz CT molecular complexity index is 406. The van der Waals surface area contributed by atoms with Crippen LogP contribution in [0.3, 0.4) is 0 Å². The molecule has 0 heterocycles. The van der Waals surface area contributed by atoms with Crippen LogP contribution in [0.5, 0.6) is 0 Å². The van der Waals surface area contributed by atoms with E-state index in [4.69, 9.17) is 0 Å². The van der Waals surface area contributed by atoms with Crippen molar-refractivity contribution in [3.8, 4) is 0 Å². The Balaban J connectivity index is 0.000000171. The Morgan fingerprint density at radius 2 is 1.47 bits per heavy atom. The zero-order valence-corrected chi connectivity index (χ0v) is 10.3. The van der Waals surface area contributed by atoms with E-state index in [1.807, 2.05) is 61.7 Å². The van der Waals surface area contributed by atoms with Crippen molar-refractivity contribution in [2.45, 2.75) is 6.54 Å². The second-order valence-corrected chi connectivity index (χ2v) is 3.63. The highest BCUT2D eigenvalue weighted by molar-refractivity contribution is 5.45. The van der Waals surface area contributed by atoms with Crippen LogP contribution in [0.4, 0.5) is 0 Å². The van der Waals surface area contributed by atoms with Gasteiger partial charge >= 0.3 is 0 Å². The zero-order chi connectivity index (χ0) is 12.3. The lowest BCUT2D eigenvalue weighted by atomic mass is 10.2. The summed E-state index contributed by atoms with van der Waals surface area (Å²) in [6, 6.07) is 20.4. The molecule has 88 valence electrons. The molecular formula is C16H19N. The average molecular weight is 225 g/mol. The van der Waals surface area contributed by atoms with Gasteiger partial charge in [0.1, 0.15) is 0 Å². The largest absolute Gasteiger partial charge is 0.316 e. The summed E-state index contributed by atoms with van der Waals surface area (Å²) in [6.45, 7) is 4.59. The molecule has 0 atom stereocenters. The van der Waals surface area contributed by atoms with Gasteiger partial charge in [0, 0.05) is 6.54 Å². The lowest BCUT2D eigenvalue weighted by Crippen LogP contribution is -2.04. The van der Waals surface area contributed by atoms with Gasteiger partial charge in [0.2, 0.25) is 0 Å². The molecule has 0 radical (unpaired) electrons. The lowest BCUT2D eigenvalue weighted by molar-refractivity contribution is 0.818. The number of rotatable bonds is 3. The highest BCUT2D eigenvalue weighted by Crippen LogP contribution is 1.97. The molecule has 0 saturated carbocycles. The van der Waals surface area contributed by atoms with E-state index >= 15 is 0 Å². The first-order valence-electron chi connectivity index (χ1n) is 5.73. The van der Waals surface area contributed by atoms with Gasteiger partial charge in [0.25, 0.3) is 0 Å². The molecule has 1 heteroatoms. The molecule has 0 saturated heterocycles. The molecule has 0 fully saturated rings. The van der Waals surface area contributed by atoms with Gasteiger partial charge in [-0.3, -0.25) is 0 Å². The highest BCUT2D eigenvalue weighted by Gasteiger charge is 1.83. The summed E-state index contributed by atoms with van der Waals surface area (Å²) < 4.78 is 0. The van der Waals surface area contributed by atoms with Crippen molar-refractivity contribution in [1.29, 1.82) is 0 Å². The van der Waals surface area contributed by atoms with Gasteiger partial charge < -0.3 is 5.32 Å². The second-order valence-electron chi connectivity index (χ2n) is 3.63. The van der Waals surface area contributed by atoms with Crippen molar-refractivity contribution >= 4 is 6.08 Å². The lowest BCUT2D eigenvalue weighted by Gasteiger charge is -1.95. The molecule has 0 aliphatic carbocycles. The normalized spacial score (nSPS) is 9.00. The minimum absolute atomic E-state index is 0.959. The molecule has 1 N–H and O–H groups in total. The third kappa shape index (κ3) is 5.69. The molecule has 0 aromatic heterocycles. The van der Waals surface area contributed by atoms with E-state index in [1.165, 1.54) is 11.1 Å². The Labute approximate surface area is 104 Å². The predicted molar refractivity (Wildman–Crippen MR) is 75.7 cm³/mol. The molecule has 17 heavy (non-hydrogen) atoms. The maximum absolute atomic E-state index is 3.63. The van der Waals surface area contributed by atoms with Crippen molar-refractivity contribution in [2.24, 2.45) is 0 Å². The molecule has 0 bridgehead atoms. The van der Waals surface area contributed by atoms with Gasteiger partial charge in [-0.15, -0.1) is 0 Å². The first kappa shape index (κ1) is 13.2. The molecule has 2 rings (SSSR count). The standard InChI is InChI=1S/C8H11N.C8H8/c1-9-7-8-5-3-2-4-6-8;1-2-8-6-4-3-5-7-8/h2-6,9H,7H2,1H3;2-7H,1H2. The van der Waals surface area contributed by atoms with Crippen LogP contribution in [0.15, 0.2) is 67.2 Å². The predicted octanol–water partition coefficient (Wildman–Crippen LogP) is 3.74. The average Bonchev–Trinajstić information content (AvgIpc) is 2.42. The summed E-state index contributed by atoms with van der Waals surface area (Å²) in [7, 11) is 1.95. The van der Waals surface area contributed by atoms with Gasteiger partial charge in [-0.2, -0.15) is 0 Å². The van der Waals surface area contributed by atoms with Crippen LogP contribution in [0.2, 0.25) is 0 Å². The van der Waals surface area contributed by atoms with Gasteiger partial charge in [-0.25, -0.2) is 0 Å². The van der Waals surface area contributed by atoms with Crippen LogP contribution in [-0.4, -0.2) is 7.05 Å². The third-order valence-corrected chi connectivity index (χ3v) is 2.26. The van der Waals surface area contributed by atoms with Crippen molar-refractivity contribution in [2.75, 3.05) is 7.05 Å². The van der Waals surface area contributed by atoms with E-state index in [0.29, 0.717) is 0 Å². The molecule has 0 aliphatic heterocycles. The first-order chi connectivity index (χ1) is 8.36. The molecule has 0 amide bonds. The SMILES string of the molecule is C=Cc1ccccc1.CNCc1ccccc1. The summed E-state index contributed by atoms with van der Waals surface area (Å²) in [5.41, 5.74) is 2.51. The molecule has 0 unspecified atom stereocenters. The molecule has 0 spiro atoms. The molecular weight excluding hydrogens is 206 g/mol. The fourth-order valence-corrected chi connectivity index (χ4v) is 1.39. The minimum atomic E-state index is 0.959. The number of hydrogen-bond donors (Lipinski definition) is 1. The highest BCUT2D eigenvalue weighted by atomic mass is 14.8. The Kier molecular flexibility index (Phi) is 6.46. The van der Waals surface area contributed by atoms with Gasteiger partial charge in [0.05, 0.1) is 0 Å². The van der Waals surface area contributed by atoms with Gasteiger partial charge in [-0.05, 0) is 18.2 Å². The van der Waals surface area contributed by atoms with E-state index in [2.05, 4.69) is 24.0 Å². The van der Waals surface area contributed by atoms with Crippen LogP contribution < -0.4 is 5.32 Å². The van der Waals surface area contributed by atoms with Gasteiger partial charge in [-0.1, -0.05) is 73.3 Å². The molecule has 0 aliphatic rings. The summed E-state index contributed by atoms with van der Waals surface area (Å²) >= 11 is 0. The van der Waals surface area contributed by atoms with Gasteiger partial charge in [0.15, 0.2) is 0 Å². The Hall–Kier alpha value is -1.86. The fourth-order valence-electron chi connectivity index (χ4n) is 1.39. The van der Waals surface area contributed by atoms with Crippen LogP contribution in [0, 0.1) is 0 Å². The summed E-state index contributed by atoms with van der Waals surface area (Å²) in [4.78, 5) is 0. The quantitative estimate of drug-likeness (QED) is 0.839. The molecule has 1 nitrogen and oxygen atoms in total. The topological polar surface area (TPSA) is 12.0 Å².